The average molecular weight is 418 g/mol. The lowest BCUT2D eigenvalue weighted by Gasteiger charge is -2.15. The van der Waals surface area contributed by atoms with Crippen molar-refractivity contribution in [2.45, 2.75) is 20.4 Å². The van der Waals surface area contributed by atoms with Crippen LogP contribution in [0.25, 0.3) is 5.57 Å². The minimum atomic E-state index is -0.361. The Kier molecular flexibility index (Phi) is 5.38. The van der Waals surface area contributed by atoms with Crippen LogP contribution in [0.4, 0.5) is 5.69 Å². The third-order valence-corrected chi connectivity index (χ3v) is 5.42. The number of hydrogen-bond acceptors (Lipinski definition) is 4. The van der Waals surface area contributed by atoms with Crippen LogP contribution in [0.1, 0.15) is 22.3 Å². The van der Waals surface area contributed by atoms with Crippen molar-refractivity contribution >= 4 is 34.7 Å². The van der Waals surface area contributed by atoms with Crippen LogP contribution in [0.5, 0.6) is 0 Å². The topological polar surface area (TPSA) is 62.3 Å². The molecule has 3 aromatic rings. The van der Waals surface area contributed by atoms with Gasteiger partial charge in [-0.1, -0.05) is 29.8 Å². The van der Waals surface area contributed by atoms with Crippen molar-refractivity contribution in [1.29, 1.82) is 0 Å². The fourth-order valence-electron chi connectivity index (χ4n) is 3.35. The summed E-state index contributed by atoms with van der Waals surface area (Å²) in [6, 6.07) is 16.3. The summed E-state index contributed by atoms with van der Waals surface area (Å²) >= 11 is 6.02. The zero-order chi connectivity index (χ0) is 21.3. The van der Waals surface area contributed by atoms with E-state index in [9.17, 15) is 9.59 Å². The highest BCUT2D eigenvalue weighted by Gasteiger charge is 2.39. The lowest BCUT2D eigenvalue weighted by molar-refractivity contribution is -0.137. The van der Waals surface area contributed by atoms with Gasteiger partial charge in [0.1, 0.15) is 5.70 Å². The van der Waals surface area contributed by atoms with Gasteiger partial charge >= 0.3 is 0 Å². The van der Waals surface area contributed by atoms with E-state index >= 15 is 0 Å². The van der Waals surface area contributed by atoms with E-state index in [2.05, 4.69) is 10.3 Å². The van der Waals surface area contributed by atoms with Crippen LogP contribution in [0, 0.1) is 13.8 Å². The van der Waals surface area contributed by atoms with E-state index in [4.69, 9.17) is 11.6 Å². The lowest BCUT2D eigenvalue weighted by atomic mass is 10.0. The molecule has 2 heterocycles. The number of rotatable bonds is 5. The number of benzene rings is 2. The Morgan fingerprint density at radius 3 is 2.27 bits per heavy atom. The molecule has 0 saturated carbocycles. The van der Waals surface area contributed by atoms with E-state index in [1.54, 1.807) is 48.8 Å². The zero-order valence-electron chi connectivity index (χ0n) is 16.6. The Balaban J connectivity index is 1.75. The first-order valence-corrected chi connectivity index (χ1v) is 9.91. The van der Waals surface area contributed by atoms with Gasteiger partial charge in [0.25, 0.3) is 11.8 Å². The van der Waals surface area contributed by atoms with Crippen molar-refractivity contribution in [3.05, 3.63) is 100.0 Å². The smallest absolute Gasteiger partial charge is 0.278 e. The minimum absolute atomic E-state index is 0.176. The fourth-order valence-corrected chi connectivity index (χ4v) is 3.48. The van der Waals surface area contributed by atoms with Crippen molar-refractivity contribution in [2.75, 3.05) is 5.32 Å². The van der Waals surface area contributed by atoms with Crippen molar-refractivity contribution in [3.8, 4) is 0 Å². The number of nitrogens with one attached hydrogen (secondary N) is 1. The molecule has 0 bridgehead atoms. The quantitative estimate of drug-likeness (QED) is 0.609. The van der Waals surface area contributed by atoms with Gasteiger partial charge in [-0.05, 0) is 72.5 Å². The summed E-state index contributed by atoms with van der Waals surface area (Å²) in [5.74, 6) is -0.703. The molecule has 1 aliphatic heterocycles. The summed E-state index contributed by atoms with van der Waals surface area (Å²) in [6.45, 7) is 4.21. The molecular weight excluding hydrogens is 398 g/mol. The fraction of sp³-hybridized carbons (Fsp3) is 0.125. The number of aryl methyl sites for hydroxylation is 2. The molecule has 5 nitrogen and oxygen atoms in total. The van der Waals surface area contributed by atoms with Crippen LogP contribution in [-0.4, -0.2) is 21.7 Å². The molecule has 2 amide bonds. The van der Waals surface area contributed by atoms with E-state index in [0.29, 0.717) is 16.2 Å². The molecule has 0 unspecified atom stereocenters. The van der Waals surface area contributed by atoms with Crippen molar-refractivity contribution < 1.29 is 9.59 Å². The largest absolute Gasteiger partial charge is 0.350 e. The van der Waals surface area contributed by atoms with E-state index in [-0.39, 0.29) is 24.1 Å². The van der Waals surface area contributed by atoms with Gasteiger partial charge in [-0.2, -0.15) is 0 Å². The number of pyridine rings is 1. The normalized spacial score (nSPS) is 13.9. The summed E-state index contributed by atoms with van der Waals surface area (Å²) in [7, 11) is 0. The molecule has 0 spiro atoms. The van der Waals surface area contributed by atoms with E-state index in [0.717, 1.165) is 22.4 Å². The first-order chi connectivity index (χ1) is 14.4. The second-order valence-electron chi connectivity index (χ2n) is 7.23. The number of aromatic nitrogens is 1. The van der Waals surface area contributed by atoms with E-state index < -0.39 is 0 Å². The standard InChI is InChI=1S/C24H20ClN3O2/c1-15-3-8-20(13-16(15)2)27-22-21(18-4-6-19(25)7-5-18)23(29)28(24(22)30)14-17-9-11-26-12-10-17/h3-13,27H,14H2,1-2H3. The number of hydrogen-bond donors (Lipinski definition) is 1. The third-order valence-electron chi connectivity index (χ3n) is 5.17. The van der Waals surface area contributed by atoms with Crippen LogP contribution in [0.3, 0.4) is 0 Å². The number of halogens is 1. The van der Waals surface area contributed by atoms with Gasteiger partial charge in [0.05, 0.1) is 12.1 Å². The van der Waals surface area contributed by atoms with Crippen molar-refractivity contribution in [3.63, 3.8) is 0 Å². The summed E-state index contributed by atoms with van der Waals surface area (Å²) in [5.41, 5.74) is 5.07. The lowest BCUT2D eigenvalue weighted by Crippen LogP contribution is -2.32. The Morgan fingerprint density at radius 1 is 0.900 bits per heavy atom. The molecule has 150 valence electrons. The van der Waals surface area contributed by atoms with Gasteiger partial charge in [0.15, 0.2) is 0 Å². The Morgan fingerprint density at radius 2 is 1.60 bits per heavy atom. The maximum Gasteiger partial charge on any atom is 0.278 e. The van der Waals surface area contributed by atoms with E-state index in [1.165, 1.54) is 4.90 Å². The summed E-state index contributed by atoms with van der Waals surface area (Å²) in [5, 5.41) is 3.75. The second kappa shape index (κ2) is 8.13. The maximum absolute atomic E-state index is 13.3. The molecule has 0 radical (unpaired) electrons. The third kappa shape index (κ3) is 3.84. The number of imide groups is 1. The molecule has 0 fully saturated rings. The van der Waals surface area contributed by atoms with Gasteiger partial charge in [-0.3, -0.25) is 19.5 Å². The SMILES string of the molecule is Cc1ccc(NC2=C(c3ccc(Cl)cc3)C(=O)N(Cc3ccncc3)C2=O)cc1C. The number of carbonyl (C=O) groups is 2. The molecule has 4 rings (SSSR count). The summed E-state index contributed by atoms with van der Waals surface area (Å²) in [6.07, 6.45) is 3.28. The molecule has 2 aromatic carbocycles. The Labute approximate surface area is 180 Å². The highest BCUT2D eigenvalue weighted by Crippen LogP contribution is 2.32. The predicted octanol–water partition coefficient (Wildman–Crippen LogP) is 4.74. The van der Waals surface area contributed by atoms with Crippen LogP contribution < -0.4 is 5.32 Å². The molecule has 0 saturated heterocycles. The number of nitrogens with zero attached hydrogens (tertiary/aromatic N) is 2. The molecule has 1 N–H and O–H groups in total. The monoisotopic (exact) mass is 417 g/mol. The molecule has 6 heteroatoms. The average Bonchev–Trinajstić information content (AvgIpc) is 2.96. The van der Waals surface area contributed by atoms with Crippen LogP contribution in [0.2, 0.25) is 5.02 Å². The van der Waals surface area contributed by atoms with Gasteiger partial charge in [0, 0.05) is 23.1 Å². The number of amides is 2. The van der Waals surface area contributed by atoms with Gasteiger partial charge in [-0.25, -0.2) is 0 Å². The van der Waals surface area contributed by atoms with Crippen LogP contribution in [0.15, 0.2) is 72.7 Å². The van der Waals surface area contributed by atoms with Gasteiger partial charge in [0.2, 0.25) is 0 Å². The predicted molar refractivity (Wildman–Crippen MR) is 118 cm³/mol. The molecule has 30 heavy (non-hydrogen) atoms. The molecule has 0 atom stereocenters. The van der Waals surface area contributed by atoms with Crippen LogP contribution in [-0.2, 0) is 16.1 Å². The first-order valence-electron chi connectivity index (χ1n) is 9.53. The number of carbonyl (C=O) groups excluding carboxylic acids is 2. The van der Waals surface area contributed by atoms with E-state index in [1.807, 2.05) is 32.0 Å². The summed E-state index contributed by atoms with van der Waals surface area (Å²) < 4.78 is 0. The minimum Gasteiger partial charge on any atom is -0.350 e. The highest BCUT2D eigenvalue weighted by atomic mass is 35.5. The second-order valence-corrected chi connectivity index (χ2v) is 7.67. The summed E-state index contributed by atoms with van der Waals surface area (Å²) in [4.78, 5) is 31.8. The zero-order valence-corrected chi connectivity index (χ0v) is 17.4. The maximum atomic E-state index is 13.3. The van der Waals surface area contributed by atoms with Gasteiger partial charge < -0.3 is 5.32 Å². The molecule has 0 aliphatic carbocycles. The van der Waals surface area contributed by atoms with Crippen molar-refractivity contribution in [2.24, 2.45) is 0 Å². The Bertz CT molecular complexity index is 1150. The van der Waals surface area contributed by atoms with Crippen molar-refractivity contribution in [1.82, 2.24) is 9.88 Å². The Hall–Kier alpha value is -3.44. The van der Waals surface area contributed by atoms with Gasteiger partial charge in [-0.15, -0.1) is 0 Å². The molecular formula is C24H20ClN3O2. The molecule has 1 aromatic heterocycles. The highest BCUT2D eigenvalue weighted by molar-refractivity contribution is 6.36. The number of anilines is 1. The van der Waals surface area contributed by atoms with Crippen LogP contribution >= 0.6 is 11.6 Å². The first kappa shape index (κ1) is 19.9. The molecule has 1 aliphatic rings.